The molecule has 0 aliphatic rings. The van der Waals surface area contributed by atoms with E-state index >= 15 is 0 Å². The van der Waals surface area contributed by atoms with Gasteiger partial charge in [-0.15, -0.1) is 0 Å². The summed E-state index contributed by atoms with van der Waals surface area (Å²) in [5.74, 6) is 0. The van der Waals surface area contributed by atoms with Crippen LogP contribution in [0.5, 0.6) is 0 Å². The predicted molar refractivity (Wildman–Crippen MR) is 62.6 cm³/mol. The molecular formula is C11H7F3N2S. The SMILES string of the molecule is NC(=S)c1ccc2cccc(C(F)(F)F)c2n1. The van der Waals surface area contributed by atoms with Crippen molar-refractivity contribution in [3.8, 4) is 0 Å². The standard InChI is InChI=1S/C11H7F3N2S/c12-11(13,14)7-3-1-2-6-4-5-8(10(15)17)16-9(6)7/h1-5H,(H2,15,17). The second-order valence-electron chi connectivity index (χ2n) is 3.44. The molecule has 0 aliphatic heterocycles. The topological polar surface area (TPSA) is 38.9 Å². The van der Waals surface area contributed by atoms with E-state index in [2.05, 4.69) is 4.98 Å². The fraction of sp³-hybridized carbons (Fsp3) is 0.0909. The first-order valence-corrected chi connectivity index (χ1v) is 5.07. The molecule has 1 heterocycles. The summed E-state index contributed by atoms with van der Waals surface area (Å²) in [6, 6.07) is 6.91. The van der Waals surface area contributed by atoms with Crippen LogP contribution in [-0.4, -0.2) is 9.97 Å². The third kappa shape index (κ3) is 2.21. The number of nitrogens with zero attached hydrogens (tertiary/aromatic N) is 1. The molecule has 2 nitrogen and oxygen atoms in total. The first kappa shape index (κ1) is 11.8. The maximum atomic E-state index is 12.7. The van der Waals surface area contributed by atoms with E-state index in [0.29, 0.717) is 5.39 Å². The van der Waals surface area contributed by atoms with Crippen LogP contribution < -0.4 is 5.73 Å². The third-order valence-electron chi connectivity index (χ3n) is 2.28. The number of nitrogens with two attached hydrogens (primary N) is 1. The summed E-state index contributed by atoms with van der Waals surface area (Å²) in [6.45, 7) is 0. The number of thiocarbonyl (C=S) groups is 1. The molecule has 0 bridgehead atoms. The summed E-state index contributed by atoms with van der Waals surface area (Å²) in [5.41, 5.74) is 4.62. The Kier molecular flexibility index (Phi) is 2.74. The lowest BCUT2D eigenvalue weighted by atomic mass is 10.1. The highest BCUT2D eigenvalue weighted by atomic mass is 32.1. The number of benzene rings is 1. The average molecular weight is 256 g/mol. The first-order chi connectivity index (χ1) is 7.89. The molecule has 17 heavy (non-hydrogen) atoms. The van der Waals surface area contributed by atoms with Crippen LogP contribution in [0.25, 0.3) is 10.9 Å². The van der Waals surface area contributed by atoms with Crippen LogP contribution in [-0.2, 0) is 6.18 Å². The molecule has 0 unspecified atom stereocenters. The van der Waals surface area contributed by atoms with Gasteiger partial charge in [0.15, 0.2) is 0 Å². The summed E-state index contributed by atoms with van der Waals surface area (Å²) in [5, 5.41) is 0.403. The van der Waals surface area contributed by atoms with Gasteiger partial charge in [0.1, 0.15) is 4.99 Å². The van der Waals surface area contributed by atoms with Gasteiger partial charge in [-0.3, -0.25) is 0 Å². The zero-order chi connectivity index (χ0) is 12.6. The van der Waals surface area contributed by atoms with Gasteiger partial charge in [-0.25, -0.2) is 4.98 Å². The minimum Gasteiger partial charge on any atom is -0.388 e. The van der Waals surface area contributed by atoms with E-state index in [-0.39, 0.29) is 16.2 Å². The quantitative estimate of drug-likeness (QED) is 0.797. The van der Waals surface area contributed by atoms with Crippen LogP contribution in [0, 0.1) is 0 Å². The Labute approximate surface area is 100 Å². The Morgan fingerprint density at radius 2 is 1.88 bits per heavy atom. The number of halogens is 3. The van der Waals surface area contributed by atoms with Crippen molar-refractivity contribution in [2.45, 2.75) is 6.18 Å². The van der Waals surface area contributed by atoms with Crippen molar-refractivity contribution in [1.29, 1.82) is 0 Å². The molecule has 88 valence electrons. The van der Waals surface area contributed by atoms with Gasteiger partial charge in [-0.05, 0) is 12.1 Å². The first-order valence-electron chi connectivity index (χ1n) is 4.66. The van der Waals surface area contributed by atoms with Gasteiger partial charge < -0.3 is 5.73 Å². The van der Waals surface area contributed by atoms with E-state index < -0.39 is 11.7 Å². The Morgan fingerprint density at radius 1 is 1.18 bits per heavy atom. The van der Waals surface area contributed by atoms with Crippen molar-refractivity contribution in [2.75, 3.05) is 0 Å². The molecule has 1 aromatic carbocycles. The molecule has 6 heteroatoms. The second-order valence-corrected chi connectivity index (χ2v) is 3.88. The van der Waals surface area contributed by atoms with Gasteiger partial charge in [-0.1, -0.05) is 30.4 Å². The van der Waals surface area contributed by atoms with Crippen LogP contribution >= 0.6 is 12.2 Å². The second kappa shape index (κ2) is 3.96. The Morgan fingerprint density at radius 3 is 2.47 bits per heavy atom. The summed E-state index contributed by atoms with van der Waals surface area (Å²) in [6.07, 6.45) is -4.44. The highest BCUT2D eigenvalue weighted by Gasteiger charge is 2.33. The van der Waals surface area contributed by atoms with E-state index in [4.69, 9.17) is 18.0 Å². The summed E-state index contributed by atoms with van der Waals surface area (Å²) in [7, 11) is 0. The molecule has 2 N–H and O–H groups in total. The molecule has 0 amide bonds. The summed E-state index contributed by atoms with van der Waals surface area (Å²) < 4.78 is 38.2. The number of rotatable bonds is 1. The molecule has 0 saturated heterocycles. The molecule has 0 fully saturated rings. The third-order valence-corrected chi connectivity index (χ3v) is 2.49. The van der Waals surface area contributed by atoms with Gasteiger partial charge in [0.2, 0.25) is 0 Å². The minimum atomic E-state index is -4.44. The van der Waals surface area contributed by atoms with Crippen molar-refractivity contribution in [3.05, 3.63) is 41.6 Å². The Balaban J connectivity index is 2.77. The minimum absolute atomic E-state index is 0.0242. The van der Waals surface area contributed by atoms with Crippen LogP contribution in [0.1, 0.15) is 11.3 Å². The average Bonchev–Trinajstić information content (AvgIpc) is 2.26. The van der Waals surface area contributed by atoms with E-state index in [1.807, 2.05) is 0 Å². The van der Waals surface area contributed by atoms with E-state index in [9.17, 15) is 13.2 Å². The lowest BCUT2D eigenvalue weighted by Gasteiger charge is -2.10. The normalized spacial score (nSPS) is 11.7. The lowest BCUT2D eigenvalue weighted by molar-refractivity contribution is -0.136. The fourth-order valence-corrected chi connectivity index (χ4v) is 1.63. The molecule has 2 rings (SSSR count). The molecule has 0 aliphatic carbocycles. The molecule has 2 aromatic rings. The van der Waals surface area contributed by atoms with Gasteiger partial charge in [0, 0.05) is 5.39 Å². The Hall–Kier alpha value is -1.69. The fourth-order valence-electron chi connectivity index (χ4n) is 1.51. The van der Waals surface area contributed by atoms with E-state index in [1.54, 1.807) is 6.07 Å². The van der Waals surface area contributed by atoms with Crippen molar-refractivity contribution in [2.24, 2.45) is 5.73 Å². The van der Waals surface area contributed by atoms with E-state index in [1.165, 1.54) is 18.2 Å². The zero-order valence-electron chi connectivity index (χ0n) is 8.45. The monoisotopic (exact) mass is 256 g/mol. The van der Waals surface area contributed by atoms with Crippen LogP contribution in [0.15, 0.2) is 30.3 Å². The largest absolute Gasteiger partial charge is 0.418 e. The molecule has 0 saturated carbocycles. The number of hydrogen-bond acceptors (Lipinski definition) is 2. The summed E-state index contributed by atoms with van der Waals surface area (Å²) >= 11 is 4.70. The van der Waals surface area contributed by atoms with Gasteiger partial charge >= 0.3 is 6.18 Å². The number of aromatic nitrogens is 1. The van der Waals surface area contributed by atoms with Crippen molar-refractivity contribution in [3.63, 3.8) is 0 Å². The van der Waals surface area contributed by atoms with Crippen molar-refractivity contribution >= 4 is 28.1 Å². The van der Waals surface area contributed by atoms with Crippen molar-refractivity contribution < 1.29 is 13.2 Å². The smallest absolute Gasteiger partial charge is 0.388 e. The van der Waals surface area contributed by atoms with Crippen LogP contribution in [0.4, 0.5) is 13.2 Å². The van der Waals surface area contributed by atoms with Crippen molar-refractivity contribution in [1.82, 2.24) is 4.98 Å². The molecule has 0 atom stereocenters. The van der Waals surface area contributed by atoms with Gasteiger partial charge in [-0.2, -0.15) is 13.2 Å². The number of alkyl halides is 3. The zero-order valence-corrected chi connectivity index (χ0v) is 9.27. The van der Waals surface area contributed by atoms with E-state index in [0.717, 1.165) is 6.07 Å². The van der Waals surface area contributed by atoms with Gasteiger partial charge in [0.05, 0.1) is 16.8 Å². The number of para-hydroxylation sites is 1. The van der Waals surface area contributed by atoms with Crippen LogP contribution in [0.3, 0.4) is 0 Å². The predicted octanol–water partition coefficient (Wildman–Crippen LogP) is 2.89. The Bertz CT molecular complexity index is 593. The molecular weight excluding hydrogens is 249 g/mol. The molecule has 0 spiro atoms. The van der Waals surface area contributed by atoms with Gasteiger partial charge in [0.25, 0.3) is 0 Å². The number of pyridine rings is 1. The molecule has 0 radical (unpaired) electrons. The molecule has 1 aromatic heterocycles. The number of fused-ring (bicyclic) bond motifs is 1. The summed E-state index contributed by atoms with van der Waals surface area (Å²) in [4.78, 5) is 3.83. The number of hydrogen-bond donors (Lipinski definition) is 1. The maximum absolute atomic E-state index is 12.7. The highest BCUT2D eigenvalue weighted by Crippen LogP contribution is 2.33. The highest BCUT2D eigenvalue weighted by molar-refractivity contribution is 7.80. The maximum Gasteiger partial charge on any atom is 0.418 e. The van der Waals surface area contributed by atoms with Crippen LogP contribution in [0.2, 0.25) is 0 Å². The lowest BCUT2D eigenvalue weighted by Crippen LogP contribution is -2.13.